The lowest BCUT2D eigenvalue weighted by molar-refractivity contribution is -0.116. The van der Waals surface area contributed by atoms with Crippen LogP contribution in [0.3, 0.4) is 0 Å². The lowest BCUT2D eigenvalue weighted by Crippen LogP contribution is -2.00. The molecule has 0 bridgehead atoms. The maximum atomic E-state index is 11.0. The van der Waals surface area contributed by atoms with Gasteiger partial charge >= 0.3 is 0 Å². The van der Waals surface area contributed by atoms with Gasteiger partial charge < -0.3 is 5.11 Å². The van der Waals surface area contributed by atoms with Gasteiger partial charge in [-0.2, -0.15) is 0 Å². The predicted octanol–water partition coefficient (Wildman–Crippen LogP) is 3.07. The SMILES string of the molecule is CC(=O)C(Br)c1ccc(O)c(Cl)c1. The summed E-state index contributed by atoms with van der Waals surface area (Å²) >= 11 is 8.90. The van der Waals surface area contributed by atoms with Crippen LogP contribution in [0.25, 0.3) is 0 Å². The normalized spacial score (nSPS) is 12.5. The van der Waals surface area contributed by atoms with Gasteiger partial charge in [-0.1, -0.05) is 33.6 Å². The van der Waals surface area contributed by atoms with Gasteiger partial charge in [0.15, 0.2) is 0 Å². The lowest BCUT2D eigenvalue weighted by Gasteiger charge is -2.06. The number of phenols is 1. The summed E-state index contributed by atoms with van der Waals surface area (Å²) in [5.74, 6) is 0.0235. The van der Waals surface area contributed by atoms with Crippen molar-refractivity contribution in [2.45, 2.75) is 11.8 Å². The van der Waals surface area contributed by atoms with Crippen LogP contribution in [-0.4, -0.2) is 10.9 Å². The highest BCUT2D eigenvalue weighted by atomic mass is 79.9. The number of hydrogen-bond donors (Lipinski definition) is 1. The van der Waals surface area contributed by atoms with E-state index in [1.54, 1.807) is 12.1 Å². The zero-order chi connectivity index (χ0) is 10.0. The highest BCUT2D eigenvalue weighted by Crippen LogP contribution is 2.30. The summed E-state index contributed by atoms with van der Waals surface area (Å²) in [6, 6.07) is 4.69. The van der Waals surface area contributed by atoms with Crippen LogP contribution < -0.4 is 0 Å². The van der Waals surface area contributed by atoms with Gasteiger partial charge in [-0.05, 0) is 24.6 Å². The zero-order valence-corrected chi connectivity index (χ0v) is 9.26. The molecule has 1 atom stereocenters. The Morgan fingerprint density at radius 1 is 1.62 bits per heavy atom. The van der Waals surface area contributed by atoms with Crippen LogP contribution in [0.1, 0.15) is 17.3 Å². The summed E-state index contributed by atoms with van der Waals surface area (Å²) in [4.78, 5) is 10.6. The third-order valence-corrected chi connectivity index (χ3v) is 3.10. The van der Waals surface area contributed by atoms with Gasteiger partial charge in [-0.15, -0.1) is 0 Å². The van der Waals surface area contributed by atoms with Gasteiger partial charge in [0.1, 0.15) is 11.5 Å². The Kier molecular flexibility index (Phi) is 3.33. The molecule has 0 fully saturated rings. The largest absolute Gasteiger partial charge is 0.506 e. The Morgan fingerprint density at radius 2 is 2.23 bits per heavy atom. The molecule has 0 saturated heterocycles. The molecule has 13 heavy (non-hydrogen) atoms. The highest BCUT2D eigenvalue weighted by molar-refractivity contribution is 9.09. The second kappa shape index (κ2) is 4.11. The van der Waals surface area contributed by atoms with E-state index in [-0.39, 0.29) is 21.4 Å². The number of aromatic hydroxyl groups is 1. The molecule has 0 amide bonds. The molecule has 0 radical (unpaired) electrons. The van der Waals surface area contributed by atoms with Crippen molar-refractivity contribution in [2.24, 2.45) is 0 Å². The summed E-state index contributed by atoms with van der Waals surface area (Å²) in [6.07, 6.45) is 0. The standard InChI is InChI=1S/C9H8BrClO2/c1-5(12)9(10)6-2-3-8(13)7(11)4-6/h2-4,9,13H,1H3. The Hall–Kier alpha value is -0.540. The molecule has 1 aromatic carbocycles. The van der Waals surface area contributed by atoms with E-state index in [4.69, 9.17) is 16.7 Å². The van der Waals surface area contributed by atoms with Crippen molar-refractivity contribution in [2.75, 3.05) is 0 Å². The van der Waals surface area contributed by atoms with Crippen molar-refractivity contribution in [3.8, 4) is 5.75 Å². The van der Waals surface area contributed by atoms with E-state index in [0.717, 1.165) is 5.56 Å². The summed E-state index contributed by atoms with van der Waals surface area (Å²) < 4.78 is 0. The first-order chi connectivity index (χ1) is 6.02. The van der Waals surface area contributed by atoms with E-state index in [1.807, 2.05) is 0 Å². The number of alkyl halides is 1. The Bertz CT molecular complexity index is 338. The van der Waals surface area contributed by atoms with Gasteiger partial charge in [0, 0.05) is 0 Å². The molecule has 4 heteroatoms. The van der Waals surface area contributed by atoms with Crippen molar-refractivity contribution in [1.29, 1.82) is 0 Å². The Morgan fingerprint density at radius 3 is 2.69 bits per heavy atom. The number of Topliss-reactive ketones (excluding diaryl/α,β-unsaturated/α-hetero) is 1. The fourth-order valence-electron chi connectivity index (χ4n) is 0.916. The average Bonchev–Trinajstić information content (AvgIpc) is 2.08. The molecule has 1 aromatic rings. The zero-order valence-electron chi connectivity index (χ0n) is 6.92. The molecule has 0 spiro atoms. The quantitative estimate of drug-likeness (QED) is 0.833. The van der Waals surface area contributed by atoms with Crippen molar-refractivity contribution in [3.63, 3.8) is 0 Å². The molecule has 0 saturated carbocycles. The molecule has 0 aliphatic heterocycles. The van der Waals surface area contributed by atoms with Crippen LogP contribution in [0.2, 0.25) is 5.02 Å². The Labute approximate surface area is 89.7 Å². The average molecular weight is 264 g/mol. The highest BCUT2D eigenvalue weighted by Gasteiger charge is 2.13. The van der Waals surface area contributed by atoms with Gasteiger partial charge in [-0.3, -0.25) is 4.79 Å². The van der Waals surface area contributed by atoms with Gasteiger partial charge in [-0.25, -0.2) is 0 Å². The maximum absolute atomic E-state index is 11.0. The van der Waals surface area contributed by atoms with Crippen LogP contribution >= 0.6 is 27.5 Å². The third kappa shape index (κ3) is 2.45. The van der Waals surface area contributed by atoms with Crippen molar-refractivity contribution in [3.05, 3.63) is 28.8 Å². The first-order valence-electron chi connectivity index (χ1n) is 3.65. The fraction of sp³-hybridized carbons (Fsp3) is 0.222. The second-order valence-electron chi connectivity index (χ2n) is 2.68. The van der Waals surface area contributed by atoms with E-state index in [1.165, 1.54) is 13.0 Å². The Balaban J connectivity index is 3.03. The van der Waals surface area contributed by atoms with E-state index < -0.39 is 0 Å². The number of benzene rings is 1. The number of hydrogen-bond acceptors (Lipinski definition) is 2. The molecule has 0 aromatic heterocycles. The molecular formula is C9H8BrClO2. The minimum absolute atomic E-state index is 0.00163. The summed E-state index contributed by atoms with van der Waals surface area (Å²) in [5.41, 5.74) is 0.746. The number of carbonyl (C=O) groups excluding carboxylic acids is 1. The minimum Gasteiger partial charge on any atom is -0.506 e. The predicted molar refractivity (Wildman–Crippen MR) is 55.5 cm³/mol. The van der Waals surface area contributed by atoms with E-state index in [0.29, 0.717) is 0 Å². The first-order valence-corrected chi connectivity index (χ1v) is 4.94. The molecule has 0 aliphatic carbocycles. The van der Waals surface area contributed by atoms with Gasteiger partial charge in [0.2, 0.25) is 0 Å². The maximum Gasteiger partial charge on any atom is 0.147 e. The second-order valence-corrected chi connectivity index (χ2v) is 4.01. The van der Waals surface area contributed by atoms with Crippen molar-refractivity contribution < 1.29 is 9.90 Å². The number of carbonyl (C=O) groups is 1. The molecule has 70 valence electrons. The molecule has 1 unspecified atom stereocenters. The number of phenolic OH excluding ortho intramolecular Hbond substituents is 1. The van der Waals surface area contributed by atoms with Gasteiger partial charge in [0.05, 0.1) is 9.85 Å². The molecular weight excluding hydrogens is 255 g/mol. The van der Waals surface area contributed by atoms with E-state index >= 15 is 0 Å². The van der Waals surface area contributed by atoms with Crippen LogP contribution in [0.4, 0.5) is 0 Å². The monoisotopic (exact) mass is 262 g/mol. The summed E-state index contributed by atoms with van der Waals surface area (Å²) in [6.45, 7) is 1.49. The smallest absolute Gasteiger partial charge is 0.147 e. The fourth-order valence-corrected chi connectivity index (χ4v) is 1.39. The first kappa shape index (κ1) is 10.5. The van der Waals surface area contributed by atoms with Crippen LogP contribution in [0.15, 0.2) is 18.2 Å². The summed E-state index contributed by atoms with van der Waals surface area (Å²) in [5, 5.41) is 9.38. The minimum atomic E-state index is -0.356. The van der Waals surface area contributed by atoms with E-state index in [9.17, 15) is 4.79 Å². The van der Waals surface area contributed by atoms with Crippen LogP contribution in [-0.2, 0) is 4.79 Å². The molecule has 0 aliphatic rings. The van der Waals surface area contributed by atoms with Crippen molar-refractivity contribution in [1.82, 2.24) is 0 Å². The lowest BCUT2D eigenvalue weighted by atomic mass is 10.1. The molecule has 1 rings (SSSR count). The van der Waals surface area contributed by atoms with E-state index in [2.05, 4.69) is 15.9 Å². The number of halogens is 2. The molecule has 0 heterocycles. The van der Waals surface area contributed by atoms with Crippen LogP contribution in [0, 0.1) is 0 Å². The molecule has 1 N–H and O–H groups in total. The van der Waals surface area contributed by atoms with Crippen LogP contribution in [0.5, 0.6) is 5.75 Å². The van der Waals surface area contributed by atoms with Gasteiger partial charge in [0.25, 0.3) is 0 Å². The topological polar surface area (TPSA) is 37.3 Å². The molecule has 2 nitrogen and oxygen atoms in total. The van der Waals surface area contributed by atoms with Crippen molar-refractivity contribution >= 4 is 33.3 Å². The summed E-state index contributed by atoms with van der Waals surface area (Å²) in [7, 11) is 0. The number of rotatable bonds is 2. The number of ketones is 1. The third-order valence-electron chi connectivity index (χ3n) is 1.62.